The third-order valence-electron chi connectivity index (χ3n) is 3.94. The van der Waals surface area contributed by atoms with Gasteiger partial charge in [-0.05, 0) is 72.4 Å². The van der Waals surface area contributed by atoms with E-state index in [1.54, 1.807) is 6.07 Å². The molecule has 104 valence electrons. The summed E-state index contributed by atoms with van der Waals surface area (Å²) in [5.41, 5.74) is 0.656. The zero-order chi connectivity index (χ0) is 13.8. The van der Waals surface area contributed by atoms with Crippen LogP contribution in [0.3, 0.4) is 0 Å². The first kappa shape index (κ1) is 15.1. The van der Waals surface area contributed by atoms with Gasteiger partial charge in [0, 0.05) is 15.2 Å². The maximum absolute atomic E-state index is 12.2. The van der Waals surface area contributed by atoms with Crippen LogP contribution in [0, 0.1) is 9.49 Å². The number of rotatable bonds is 3. The van der Waals surface area contributed by atoms with Crippen LogP contribution in [0.5, 0.6) is 0 Å². The second kappa shape index (κ2) is 6.93. The molecule has 19 heavy (non-hydrogen) atoms. The van der Waals surface area contributed by atoms with Crippen LogP contribution in [0.4, 0.5) is 0 Å². The molecule has 0 heterocycles. The molecule has 1 N–H and O–H groups in total. The molecule has 0 aromatic heterocycles. The summed E-state index contributed by atoms with van der Waals surface area (Å²) in [4.78, 5) is 12.2. The lowest BCUT2D eigenvalue weighted by atomic mass is 9.84. The topological polar surface area (TPSA) is 29.1 Å². The van der Waals surface area contributed by atoms with Crippen molar-refractivity contribution in [2.75, 3.05) is 0 Å². The van der Waals surface area contributed by atoms with E-state index in [4.69, 9.17) is 11.6 Å². The number of halogens is 2. The molecule has 1 aliphatic carbocycles. The summed E-state index contributed by atoms with van der Waals surface area (Å²) in [6, 6.07) is 5.79. The molecule has 1 aromatic rings. The highest BCUT2D eigenvalue weighted by Crippen LogP contribution is 2.27. The van der Waals surface area contributed by atoms with Crippen molar-refractivity contribution in [3.05, 3.63) is 32.4 Å². The molecule has 4 heteroatoms. The molecule has 1 aliphatic rings. The summed E-state index contributed by atoms with van der Waals surface area (Å²) < 4.78 is 0.972. The highest BCUT2D eigenvalue weighted by Gasteiger charge is 2.21. The Morgan fingerprint density at radius 2 is 2.05 bits per heavy atom. The van der Waals surface area contributed by atoms with Crippen LogP contribution >= 0.6 is 34.2 Å². The average molecular weight is 392 g/mol. The first-order valence-electron chi connectivity index (χ1n) is 6.86. The maximum Gasteiger partial charge on any atom is 0.251 e. The molecule has 2 nitrogen and oxygen atoms in total. The normalized spacial score (nSPS) is 23.1. The number of hydrogen-bond donors (Lipinski definition) is 1. The van der Waals surface area contributed by atoms with Gasteiger partial charge in [-0.3, -0.25) is 4.79 Å². The fourth-order valence-electron chi connectivity index (χ4n) is 2.62. The summed E-state index contributed by atoms with van der Waals surface area (Å²) >= 11 is 8.21. The SMILES string of the molecule is CCC1CCC(NC(=O)c2ccc(I)c(Cl)c2)CC1. The van der Waals surface area contributed by atoms with Crippen molar-refractivity contribution < 1.29 is 4.79 Å². The molecule has 0 saturated heterocycles. The Hall–Kier alpha value is -0.290. The molecule has 0 aliphatic heterocycles. The number of benzene rings is 1. The molecule has 1 amide bonds. The van der Waals surface area contributed by atoms with Gasteiger partial charge in [0.15, 0.2) is 0 Å². The second-order valence-electron chi connectivity index (χ2n) is 5.23. The predicted molar refractivity (Wildman–Crippen MR) is 87.7 cm³/mol. The monoisotopic (exact) mass is 391 g/mol. The van der Waals surface area contributed by atoms with E-state index in [-0.39, 0.29) is 5.91 Å². The van der Waals surface area contributed by atoms with Gasteiger partial charge in [-0.15, -0.1) is 0 Å². The zero-order valence-electron chi connectivity index (χ0n) is 11.1. The van der Waals surface area contributed by atoms with Crippen molar-refractivity contribution >= 4 is 40.1 Å². The molecule has 0 unspecified atom stereocenters. The van der Waals surface area contributed by atoms with Gasteiger partial charge < -0.3 is 5.32 Å². The first-order valence-corrected chi connectivity index (χ1v) is 8.31. The summed E-state index contributed by atoms with van der Waals surface area (Å²) in [5, 5.41) is 3.77. The first-order chi connectivity index (χ1) is 9.10. The van der Waals surface area contributed by atoms with E-state index in [9.17, 15) is 4.79 Å². The van der Waals surface area contributed by atoms with Crippen molar-refractivity contribution in [3.8, 4) is 0 Å². The quantitative estimate of drug-likeness (QED) is 0.747. The molecule has 0 bridgehead atoms. The molecule has 0 radical (unpaired) electrons. The van der Waals surface area contributed by atoms with Gasteiger partial charge in [-0.1, -0.05) is 24.9 Å². The number of nitrogens with one attached hydrogen (secondary N) is 1. The number of carbonyl (C=O) groups excluding carboxylic acids is 1. The fourth-order valence-corrected chi connectivity index (χ4v) is 3.14. The zero-order valence-corrected chi connectivity index (χ0v) is 14.0. The van der Waals surface area contributed by atoms with Crippen LogP contribution in [-0.2, 0) is 0 Å². The Bertz CT molecular complexity index is 455. The smallest absolute Gasteiger partial charge is 0.251 e. The third-order valence-corrected chi connectivity index (χ3v) is 5.51. The van der Waals surface area contributed by atoms with Crippen LogP contribution in [0.25, 0.3) is 0 Å². The highest BCUT2D eigenvalue weighted by atomic mass is 127. The van der Waals surface area contributed by atoms with Gasteiger partial charge in [0.05, 0.1) is 5.02 Å². The Morgan fingerprint density at radius 1 is 1.37 bits per heavy atom. The Kier molecular flexibility index (Phi) is 5.51. The third kappa shape index (κ3) is 4.09. The number of amides is 1. The Balaban J connectivity index is 1.92. The summed E-state index contributed by atoms with van der Waals surface area (Å²) in [6.07, 6.45) is 5.92. The van der Waals surface area contributed by atoms with Gasteiger partial charge in [-0.25, -0.2) is 0 Å². The van der Waals surface area contributed by atoms with Crippen LogP contribution in [0.1, 0.15) is 49.4 Å². The fraction of sp³-hybridized carbons (Fsp3) is 0.533. The standard InChI is InChI=1S/C15H19ClINO/c1-2-10-3-6-12(7-4-10)18-15(19)11-5-8-14(17)13(16)9-11/h5,8-10,12H,2-4,6-7H2,1H3,(H,18,19). The minimum Gasteiger partial charge on any atom is -0.349 e. The molecule has 1 saturated carbocycles. The predicted octanol–water partition coefficient (Wildman–Crippen LogP) is 4.64. The maximum atomic E-state index is 12.2. The average Bonchev–Trinajstić information content (AvgIpc) is 2.42. The Labute approximate surface area is 133 Å². The summed E-state index contributed by atoms with van der Waals surface area (Å²) in [5.74, 6) is 0.846. The largest absolute Gasteiger partial charge is 0.349 e. The van der Waals surface area contributed by atoms with Crippen molar-refractivity contribution in [3.63, 3.8) is 0 Å². The van der Waals surface area contributed by atoms with Crippen molar-refractivity contribution in [2.45, 2.75) is 45.1 Å². The lowest BCUT2D eigenvalue weighted by Gasteiger charge is -2.28. The molecule has 1 aromatic carbocycles. The van der Waals surface area contributed by atoms with Crippen molar-refractivity contribution in [1.29, 1.82) is 0 Å². The highest BCUT2D eigenvalue weighted by molar-refractivity contribution is 14.1. The van der Waals surface area contributed by atoms with Crippen LogP contribution < -0.4 is 5.32 Å². The number of hydrogen-bond acceptors (Lipinski definition) is 1. The van der Waals surface area contributed by atoms with E-state index in [0.29, 0.717) is 16.6 Å². The van der Waals surface area contributed by atoms with Gasteiger partial charge in [0.1, 0.15) is 0 Å². The van der Waals surface area contributed by atoms with Crippen LogP contribution in [0.15, 0.2) is 18.2 Å². The van der Waals surface area contributed by atoms with Gasteiger partial charge >= 0.3 is 0 Å². The molecule has 1 fully saturated rings. The van der Waals surface area contributed by atoms with Gasteiger partial charge in [0.25, 0.3) is 5.91 Å². The van der Waals surface area contributed by atoms with Crippen LogP contribution in [-0.4, -0.2) is 11.9 Å². The minimum absolute atomic E-state index is 0.00162. The van der Waals surface area contributed by atoms with E-state index in [1.165, 1.54) is 19.3 Å². The van der Waals surface area contributed by atoms with Gasteiger partial charge in [-0.2, -0.15) is 0 Å². The van der Waals surface area contributed by atoms with Gasteiger partial charge in [0.2, 0.25) is 0 Å². The minimum atomic E-state index is -0.00162. The molecular weight excluding hydrogens is 373 g/mol. The molecule has 2 rings (SSSR count). The van der Waals surface area contributed by atoms with Crippen molar-refractivity contribution in [2.24, 2.45) is 5.92 Å². The molecular formula is C15H19ClINO. The molecule has 0 atom stereocenters. The van der Waals surface area contributed by atoms with E-state index in [1.807, 2.05) is 12.1 Å². The van der Waals surface area contributed by atoms with Crippen LogP contribution in [0.2, 0.25) is 5.02 Å². The number of carbonyl (C=O) groups is 1. The summed E-state index contributed by atoms with van der Waals surface area (Å²) in [7, 11) is 0. The van der Waals surface area contributed by atoms with E-state index in [2.05, 4.69) is 34.8 Å². The van der Waals surface area contributed by atoms with Crippen molar-refractivity contribution in [1.82, 2.24) is 5.32 Å². The second-order valence-corrected chi connectivity index (χ2v) is 6.80. The van der Waals surface area contributed by atoms with E-state index >= 15 is 0 Å². The Morgan fingerprint density at radius 3 is 2.63 bits per heavy atom. The summed E-state index contributed by atoms with van der Waals surface area (Å²) in [6.45, 7) is 2.25. The lowest BCUT2D eigenvalue weighted by molar-refractivity contribution is 0.0921. The molecule has 0 spiro atoms. The van der Waals surface area contributed by atoms with E-state index in [0.717, 1.165) is 22.3 Å². The lowest BCUT2D eigenvalue weighted by Crippen LogP contribution is -2.37. The van der Waals surface area contributed by atoms with E-state index < -0.39 is 0 Å².